The Balaban J connectivity index is 0.00000288. The maximum Gasteiger partial charge on any atom is 0.256 e. The summed E-state index contributed by atoms with van der Waals surface area (Å²) in [5.41, 5.74) is 10.8. The Kier molecular flexibility index (Phi) is 7.60. The first-order valence-electron chi connectivity index (χ1n) is 7.52. The number of rotatable bonds is 5. The van der Waals surface area contributed by atoms with Crippen LogP contribution in [0.1, 0.15) is 31.4 Å². The average Bonchev–Trinajstić information content (AvgIpc) is 2.47. The molecule has 1 aromatic carbocycles. The molecular weight excluding hydrogens is 347 g/mol. The summed E-state index contributed by atoms with van der Waals surface area (Å²) < 4.78 is 0. The molecule has 0 aliphatic rings. The zero-order valence-corrected chi connectivity index (χ0v) is 15.5. The standard InChI is InChI=1S/C17H21ClN4O.ClH/c1-10(2)6-14(19)17(23)22-20-9-13-8-12-5-4-11(3)7-15(12)21-16(13)18;/h4-5,7-10,14H,6,19H2,1-3H3,(H,22,23);1H/b20-9+;/t14-;/m1./s1. The highest BCUT2D eigenvalue weighted by atomic mass is 35.5. The number of carbonyl (C=O) groups is 1. The van der Waals surface area contributed by atoms with Crippen molar-refractivity contribution >= 4 is 47.0 Å². The fourth-order valence-corrected chi connectivity index (χ4v) is 2.42. The lowest BCUT2D eigenvalue weighted by Gasteiger charge is -2.11. The summed E-state index contributed by atoms with van der Waals surface area (Å²) in [6, 6.07) is 7.26. The second-order valence-corrected chi connectivity index (χ2v) is 6.39. The summed E-state index contributed by atoms with van der Waals surface area (Å²) >= 11 is 6.16. The van der Waals surface area contributed by atoms with Gasteiger partial charge in [-0.05, 0) is 37.0 Å². The molecule has 24 heavy (non-hydrogen) atoms. The summed E-state index contributed by atoms with van der Waals surface area (Å²) in [7, 11) is 0. The molecule has 1 atom stereocenters. The largest absolute Gasteiger partial charge is 0.320 e. The molecule has 1 aromatic heterocycles. The van der Waals surface area contributed by atoms with Gasteiger partial charge in [0.1, 0.15) is 5.15 Å². The van der Waals surface area contributed by atoms with E-state index < -0.39 is 6.04 Å². The van der Waals surface area contributed by atoms with Crippen LogP contribution in [0, 0.1) is 12.8 Å². The third kappa shape index (κ3) is 5.44. The molecule has 0 fully saturated rings. The number of carbonyl (C=O) groups excluding carboxylic acids is 1. The number of pyridine rings is 1. The molecule has 0 saturated carbocycles. The zero-order chi connectivity index (χ0) is 17.0. The van der Waals surface area contributed by atoms with Crippen LogP contribution in [-0.4, -0.2) is 23.1 Å². The Labute approximate surface area is 153 Å². The number of hydrogen-bond donors (Lipinski definition) is 2. The van der Waals surface area contributed by atoms with Crippen molar-refractivity contribution in [3.8, 4) is 0 Å². The number of nitrogens with two attached hydrogens (primary N) is 1. The van der Waals surface area contributed by atoms with E-state index in [1.54, 1.807) is 0 Å². The highest BCUT2D eigenvalue weighted by Crippen LogP contribution is 2.20. The Hall–Kier alpha value is -1.69. The van der Waals surface area contributed by atoms with Crippen LogP contribution < -0.4 is 11.2 Å². The van der Waals surface area contributed by atoms with Crippen LogP contribution in [0.25, 0.3) is 10.9 Å². The monoisotopic (exact) mass is 368 g/mol. The predicted molar refractivity (Wildman–Crippen MR) is 102 cm³/mol. The van der Waals surface area contributed by atoms with Crippen LogP contribution in [0.2, 0.25) is 5.15 Å². The van der Waals surface area contributed by atoms with Crippen molar-refractivity contribution in [3.05, 3.63) is 40.5 Å². The van der Waals surface area contributed by atoms with E-state index in [9.17, 15) is 4.79 Å². The Morgan fingerprint density at radius 1 is 1.42 bits per heavy atom. The van der Waals surface area contributed by atoms with Gasteiger partial charge in [0.2, 0.25) is 0 Å². The first-order chi connectivity index (χ1) is 10.9. The Bertz CT molecular complexity index is 747. The lowest BCUT2D eigenvalue weighted by molar-refractivity contribution is -0.122. The third-order valence-electron chi connectivity index (χ3n) is 3.39. The number of benzene rings is 1. The number of fused-ring (bicyclic) bond motifs is 1. The molecule has 130 valence electrons. The van der Waals surface area contributed by atoms with Gasteiger partial charge in [0.15, 0.2) is 0 Å². The summed E-state index contributed by atoms with van der Waals surface area (Å²) in [6.07, 6.45) is 2.09. The Morgan fingerprint density at radius 3 is 2.79 bits per heavy atom. The van der Waals surface area contributed by atoms with Gasteiger partial charge in [-0.25, -0.2) is 10.4 Å². The summed E-state index contributed by atoms with van der Waals surface area (Å²) in [5, 5.41) is 5.23. The van der Waals surface area contributed by atoms with E-state index in [-0.39, 0.29) is 18.3 Å². The normalized spacial score (nSPS) is 12.4. The average molecular weight is 369 g/mol. The summed E-state index contributed by atoms with van der Waals surface area (Å²) in [5.74, 6) is 0.0396. The molecular formula is C17H22Cl2N4O. The lowest BCUT2D eigenvalue weighted by atomic mass is 10.0. The smallest absolute Gasteiger partial charge is 0.256 e. The predicted octanol–water partition coefficient (Wildman–Crippen LogP) is 3.44. The lowest BCUT2D eigenvalue weighted by Crippen LogP contribution is -2.39. The van der Waals surface area contributed by atoms with Gasteiger partial charge in [-0.15, -0.1) is 12.4 Å². The molecule has 0 aliphatic heterocycles. The molecule has 1 heterocycles. The van der Waals surface area contributed by atoms with Crippen molar-refractivity contribution in [3.63, 3.8) is 0 Å². The van der Waals surface area contributed by atoms with Crippen molar-refractivity contribution < 1.29 is 4.79 Å². The topological polar surface area (TPSA) is 80.4 Å². The number of hydrazone groups is 1. The van der Waals surface area contributed by atoms with Crippen molar-refractivity contribution in [2.75, 3.05) is 0 Å². The van der Waals surface area contributed by atoms with Gasteiger partial charge in [-0.3, -0.25) is 4.79 Å². The number of nitrogens with zero attached hydrogens (tertiary/aromatic N) is 2. The molecule has 0 spiro atoms. The first-order valence-corrected chi connectivity index (χ1v) is 7.90. The fraction of sp³-hybridized carbons (Fsp3) is 0.353. The van der Waals surface area contributed by atoms with Gasteiger partial charge < -0.3 is 5.73 Å². The second kappa shape index (κ2) is 8.97. The number of nitrogens with one attached hydrogen (secondary N) is 1. The minimum atomic E-state index is -0.569. The highest BCUT2D eigenvalue weighted by molar-refractivity contribution is 6.32. The molecule has 1 amide bonds. The van der Waals surface area contributed by atoms with Gasteiger partial charge in [-0.1, -0.05) is 37.6 Å². The van der Waals surface area contributed by atoms with E-state index in [4.69, 9.17) is 17.3 Å². The van der Waals surface area contributed by atoms with Gasteiger partial charge in [-0.2, -0.15) is 5.10 Å². The van der Waals surface area contributed by atoms with E-state index in [0.29, 0.717) is 23.1 Å². The summed E-state index contributed by atoms with van der Waals surface area (Å²) in [4.78, 5) is 16.2. The number of amides is 1. The number of aryl methyl sites for hydroxylation is 1. The van der Waals surface area contributed by atoms with Crippen LogP contribution in [0.5, 0.6) is 0 Å². The van der Waals surface area contributed by atoms with Crippen LogP contribution in [0.15, 0.2) is 29.4 Å². The van der Waals surface area contributed by atoms with Crippen LogP contribution in [0.3, 0.4) is 0 Å². The third-order valence-corrected chi connectivity index (χ3v) is 3.70. The van der Waals surface area contributed by atoms with Crippen molar-refractivity contribution in [1.82, 2.24) is 10.4 Å². The van der Waals surface area contributed by atoms with E-state index in [1.165, 1.54) is 6.21 Å². The molecule has 3 N–H and O–H groups in total. The minimum Gasteiger partial charge on any atom is -0.320 e. The van der Waals surface area contributed by atoms with Crippen LogP contribution >= 0.6 is 24.0 Å². The van der Waals surface area contributed by atoms with Gasteiger partial charge in [0.25, 0.3) is 5.91 Å². The summed E-state index contributed by atoms with van der Waals surface area (Å²) in [6.45, 7) is 6.03. The van der Waals surface area contributed by atoms with E-state index in [1.807, 2.05) is 45.0 Å². The fourth-order valence-electron chi connectivity index (χ4n) is 2.22. The number of aromatic nitrogens is 1. The first kappa shape index (κ1) is 20.4. The molecule has 7 heteroatoms. The highest BCUT2D eigenvalue weighted by Gasteiger charge is 2.14. The maximum absolute atomic E-state index is 11.8. The van der Waals surface area contributed by atoms with Gasteiger partial charge in [0, 0.05) is 10.9 Å². The van der Waals surface area contributed by atoms with E-state index >= 15 is 0 Å². The Morgan fingerprint density at radius 2 is 2.12 bits per heavy atom. The van der Waals surface area contributed by atoms with Gasteiger partial charge in [0.05, 0.1) is 17.8 Å². The van der Waals surface area contributed by atoms with Crippen molar-refractivity contribution in [2.24, 2.45) is 16.8 Å². The van der Waals surface area contributed by atoms with Crippen molar-refractivity contribution in [2.45, 2.75) is 33.2 Å². The molecule has 2 rings (SSSR count). The van der Waals surface area contributed by atoms with Crippen LogP contribution in [-0.2, 0) is 4.79 Å². The molecule has 0 bridgehead atoms. The number of halogens is 2. The number of hydrogen-bond acceptors (Lipinski definition) is 4. The molecule has 2 aromatic rings. The molecule has 0 aliphatic carbocycles. The second-order valence-electron chi connectivity index (χ2n) is 6.03. The minimum absolute atomic E-state index is 0. The maximum atomic E-state index is 11.8. The SMILES string of the molecule is Cc1ccc2cc(/C=N/NC(=O)[C@H](N)CC(C)C)c(Cl)nc2c1.Cl. The van der Waals surface area contributed by atoms with Crippen molar-refractivity contribution in [1.29, 1.82) is 0 Å². The molecule has 0 radical (unpaired) electrons. The molecule has 0 saturated heterocycles. The van der Waals surface area contributed by atoms with Crippen LogP contribution in [0.4, 0.5) is 0 Å². The molecule has 5 nitrogen and oxygen atoms in total. The quantitative estimate of drug-likeness (QED) is 0.481. The zero-order valence-electron chi connectivity index (χ0n) is 13.9. The molecule has 0 unspecified atom stereocenters. The van der Waals surface area contributed by atoms with E-state index in [0.717, 1.165) is 16.5 Å². The van der Waals surface area contributed by atoms with E-state index in [2.05, 4.69) is 15.5 Å². The van der Waals surface area contributed by atoms with Gasteiger partial charge >= 0.3 is 0 Å².